The van der Waals surface area contributed by atoms with E-state index in [0.717, 1.165) is 0 Å². The molecule has 21 N–H and O–H groups in total. The van der Waals surface area contributed by atoms with Gasteiger partial charge in [0.15, 0.2) is 25.1 Å². The van der Waals surface area contributed by atoms with Gasteiger partial charge in [-0.2, -0.15) is 0 Å². The molecule has 0 amide bonds. The van der Waals surface area contributed by atoms with Crippen LogP contribution in [0.5, 0.6) is 0 Å². The molecule has 77 heavy (non-hydrogen) atoms. The fourth-order valence-corrected chi connectivity index (χ4v) is 5.06. The normalized spacial score (nSPS) is 18.5. The Kier molecular flexibility index (Phi) is 67.2. The van der Waals surface area contributed by atoms with Crippen LogP contribution in [0.15, 0.2) is 0 Å². The summed E-state index contributed by atoms with van der Waals surface area (Å²) in [7, 11) is 0. The minimum atomic E-state index is -1.48. The first-order valence-corrected chi connectivity index (χ1v) is 25.2. The SMILES string of the molecule is CC(O)C(O)CCC(O)C=O.CC(O)CC(O)CC(O)C=O.CC(O)CCC(O)C(O)C=O.CCC(O)C(O)CC(O)C=O.CCC(O)CC(O)C(O)C=O.CCCC(O)C(O)C(O)C=O.O=CC(O)C(O)CCCCO. The lowest BCUT2D eigenvalue weighted by atomic mass is 10.1. The third-order valence-corrected chi connectivity index (χ3v) is 10.1. The molecule has 0 saturated heterocycles. The smallest absolute Gasteiger partial charge is 0.151 e. The van der Waals surface area contributed by atoms with Crippen molar-refractivity contribution < 1.29 is 141 Å². The summed E-state index contributed by atoms with van der Waals surface area (Å²) in [6, 6.07) is 0. The summed E-state index contributed by atoms with van der Waals surface area (Å²) in [6.45, 7) is 9.95. The third-order valence-electron chi connectivity index (χ3n) is 10.1. The van der Waals surface area contributed by atoms with E-state index in [-0.39, 0.29) is 70.4 Å². The van der Waals surface area contributed by atoms with E-state index < -0.39 is 122 Å². The van der Waals surface area contributed by atoms with Crippen molar-refractivity contribution in [1.82, 2.24) is 0 Å². The highest BCUT2D eigenvalue weighted by molar-refractivity contribution is 5.58. The van der Waals surface area contributed by atoms with Crippen molar-refractivity contribution in [1.29, 1.82) is 0 Å². The van der Waals surface area contributed by atoms with Crippen LogP contribution in [0.25, 0.3) is 0 Å². The van der Waals surface area contributed by atoms with Gasteiger partial charge in [-0.3, -0.25) is 0 Å². The van der Waals surface area contributed by atoms with E-state index >= 15 is 0 Å². The highest BCUT2D eigenvalue weighted by Gasteiger charge is 2.23. The van der Waals surface area contributed by atoms with Gasteiger partial charge in [-0.05, 0) is 91.4 Å². The van der Waals surface area contributed by atoms with Crippen LogP contribution >= 0.6 is 0 Å². The van der Waals surface area contributed by atoms with Gasteiger partial charge in [0.2, 0.25) is 0 Å². The van der Waals surface area contributed by atoms with Gasteiger partial charge in [-0.25, -0.2) is 0 Å². The second-order valence-corrected chi connectivity index (χ2v) is 17.7. The van der Waals surface area contributed by atoms with Crippen molar-refractivity contribution in [2.45, 2.75) is 260 Å². The molecule has 0 heterocycles. The van der Waals surface area contributed by atoms with Crippen LogP contribution in [0.3, 0.4) is 0 Å². The van der Waals surface area contributed by atoms with E-state index in [1.165, 1.54) is 13.8 Å². The van der Waals surface area contributed by atoms with Gasteiger partial charge >= 0.3 is 0 Å². The second kappa shape index (κ2) is 59.0. The van der Waals surface area contributed by atoms with Crippen molar-refractivity contribution in [3.8, 4) is 0 Å². The molecule has 0 aromatic rings. The first kappa shape index (κ1) is 87.7. The summed E-state index contributed by atoms with van der Waals surface area (Å²) in [4.78, 5) is 69.4. The van der Waals surface area contributed by atoms with Crippen molar-refractivity contribution in [3.05, 3.63) is 0 Å². The molecule has 0 aliphatic carbocycles. The summed E-state index contributed by atoms with van der Waals surface area (Å²) in [5.74, 6) is 0. The molecule has 0 saturated carbocycles. The summed E-state index contributed by atoms with van der Waals surface area (Å²) < 4.78 is 0. The molecule has 28 nitrogen and oxygen atoms in total. The summed E-state index contributed by atoms with van der Waals surface area (Å²) >= 11 is 0. The minimum absolute atomic E-state index is 0.00556. The molecular weight excluding hydrogens is 1040 g/mol. The van der Waals surface area contributed by atoms with Crippen LogP contribution in [0.1, 0.15) is 138 Å². The predicted molar refractivity (Wildman–Crippen MR) is 273 cm³/mol. The molecule has 0 fully saturated rings. The van der Waals surface area contributed by atoms with E-state index in [1.807, 2.05) is 6.92 Å². The van der Waals surface area contributed by atoms with Gasteiger partial charge in [0.1, 0.15) is 67.7 Å². The van der Waals surface area contributed by atoms with Gasteiger partial charge in [0.25, 0.3) is 0 Å². The molecular formula is C49H98O28. The first-order valence-electron chi connectivity index (χ1n) is 25.2. The van der Waals surface area contributed by atoms with Gasteiger partial charge in [0, 0.05) is 25.9 Å². The lowest BCUT2D eigenvalue weighted by Gasteiger charge is -2.18. The largest absolute Gasteiger partial charge is 0.396 e. The van der Waals surface area contributed by atoms with Gasteiger partial charge in [-0.15, -0.1) is 0 Å². The van der Waals surface area contributed by atoms with E-state index in [4.69, 9.17) is 107 Å². The number of aliphatic hydroxyl groups excluding tert-OH is 21. The first-order chi connectivity index (χ1) is 35.8. The molecule has 0 rings (SSSR count). The molecule has 0 aromatic carbocycles. The Labute approximate surface area is 450 Å². The number of carbonyl (C=O) groups is 7. The average Bonchev–Trinajstić information content (AvgIpc) is 3.40. The zero-order valence-corrected chi connectivity index (χ0v) is 45.2. The topological polar surface area (TPSA) is 544 Å². The summed E-state index contributed by atoms with van der Waals surface area (Å²) in [6.07, 6.45) is -13.6. The van der Waals surface area contributed by atoms with Crippen molar-refractivity contribution in [3.63, 3.8) is 0 Å². The maximum absolute atomic E-state index is 9.93. The molecule has 0 aromatic heterocycles. The number of aliphatic hydroxyl groups is 21. The number of rotatable bonds is 36. The molecule has 0 aliphatic rings. The Hall–Kier alpha value is -3.15. The lowest BCUT2D eigenvalue weighted by Crippen LogP contribution is -2.38. The Morgan fingerprint density at radius 3 is 1.12 bits per heavy atom. The highest BCUT2D eigenvalue weighted by atomic mass is 16.4. The highest BCUT2D eigenvalue weighted by Crippen LogP contribution is 2.09. The van der Waals surface area contributed by atoms with E-state index in [2.05, 4.69) is 0 Å². The van der Waals surface area contributed by atoms with Crippen LogP contribution in [0.2, 0.25) is 0 Å². The van der Waals surface area contributed by atoms with Gasteiger partial charge < -0.3 is 141 Å². The Morgan fingerprint density at radius 2 is 0.753 bits per heavy atom. The number of hydrogen-bond acceptors (Lipinski definition) is 28. The fraction of sp³-hybridized carbons (Fsp3) is 0.857. The third kappa shape index (κ3) is 61.9. The van der Waals surface area contributed by atoms with Gasteiger partial charge in [0.05, 0.1) is 73.2 Å². The van der Waals surface area contributed by atoms with E-state index in [0.29, 0.717) is 76.5 Å². The van der Waals surface area contributed by atoms with E-state index in [9.17, 15) is 33.6 Å². The molecule has 0 aliphatic heterocycles. The molecule has 28 heteroatoms. The standard InChI is InChI=1S/7C7H14O4/c1-5(9)2-6(10)3-7(11)4-8;1-5(9)7(11)3-2-6(10)4-8;1-5(9)2-3-6(10)7(11)4-8;1-2-6(10)7(11)3-5(9)4-8;1-2-5(9)3-6(10)7(11)4-8;1-2-3-5(9)7(11)6(10)4-8;8-4-2-1-3-6(10)7(11)5-9/h6*4-7,9-11H,2-3H2,1H3;5-8,10-11H,1-4H2. The van der Waals surface area contributed by atoms with Crippen LogP contribution in [-0.4, -0.2) is 280 Å². The number of carbonyl (C=O) groups excluding carboxylic acids is 7. The molecule has 0 bridgehead atoms. The molecule has 20 atom stereocenters. The van der Waals surface area contributed by atoms with Crippen LogP contribution in [-0.2, 0) is 33.6 Å². The maximum Gasteiger partial charge on any atom is 0.151 e. The summed E-state index contributed by atoms with van der Waals surface area (Å²) in [5.41, 5.74) is 0. The zero-order chi connectivity index (χ0) is 61.8. The van der Waals surface area contributed by atoms with Gasteiger partial charge in [-0.1, -0.05) is 27.2 Å². The lowest BCUT2D eigenvalue weighted by molar-refractivity contribution is -0.126. The van der Waals surface area contributed by atoms with Crippen molar-refractivity contribution in [2.24, 2.45) is 0 Å². The maximum atomic E-state index is 9.93. The minimum Gasteiger partial charge on any atom is -0.396 e. The summed E-state index contributed by atoms with van der Waals surface area (Å²) in [5, 5.41) is 186. The number of hydrogen-bond donors (Lipinski definition) is 21. The average molecular weight is 1140 g/mol. The molecule has 0 spiro atoms. The van der Waals surface area contributed by atoms with E-state index in [1.54, 1.807) is 20.8 Å². The Morgan fingerprint density at radius 1 is 0.325 bits per heavy atom. The molecule has 0 radical (unpaired) electrons. The second-order valence-electron chi connectivity index (χ2n) is 17.7. The number of unbranched alkanes of at least 4 members (excludes halogenated alkanes) is 1. The van der Waals surface area contributed by atoms with Crippen LogP contribution in [0, 0.1) is 0 Å². The Balaban J connectivity index is -0.000000148. The van der Waals surface area contributed by atoms with Crippen molar-refractivity contribution in [2.75, 3.05) is 6.61 Å². The zero-order valence-electron chi connectivity index (χ0n) is 45.2. The monoisotopic (exact) mass is 1130 g/mol. The number of aldehydes is 7. The fourth-order valence-electron chi connectivity index (χ4n) is 5.06. The van der Waals surface area contributed by atoms with Crippen LogP contribution in [0.4, 0.5) is 0 Å². The predicted octanol–water partition coefficient (Wildman–Crippen LogP) is -6.52. The van der Waals surface area contributed by atoms with Crippen LogP contribution < -0.4 is 0 Å². The molecule has 20 unspecified atom stereocenters. The quantitative estimate of drug-likeness (QED) is 0.0205. The van der Waals surface area contributed by atoms with Crippen molar-refractivity contribution >= 4 is 44.0 Å². The Bertz CT molecular complexity index is 1330. The molecule has 462 valence electrons.